The average molecular weight is 787 g/mol. The minimum atomic E-state index is -0.842. The quantitative estimate of drug-likeness (QED) is 0.131. The van der Waals surface area contributed by atoms with Crippen LogP contribution in [0.2, 0.25) is 0 Å². The van der Waals surface area contributed by atoms with Gasteiger partial charge in [0, 0.05) is 24.6 Å². The predicted octanol–water partition coefficient (Wildman–Crippen LogP) is 5.94. The number of rotatable bonds is 9. The zero-order chi connectivity index (χ0) is 40.3. The fourth-order valence-corrected chi connectivity index (χ4v) is 8.09. The number of aromatic amines is 2. The number of aromatic nitrogens is 4. The van der Waals surface area contributed by atoms with Crippen molar-refractivity contribution in [3.8, 4) is 22.4 Å². The normalized spacial score (nSPS) is 19.3. The molecule has 4 atom stereocenters. The SMILES string of the molecule is COC(=O)N[C@@H](C)C(=O)N1CCC[C@H]1c1ncc(-c2ccc3cc(-c4ccc5nc([C@@H]6COCCN6C(=O)[C@@H](NC(=O)OC)C6C=CCC=C6)[nH]c5c4)ccc3c2)[nH]1. The summed E-state index contributed by atoms with van der Waals surface area (Å²) >= 11 is 0. The molecule has 15 heteroatoms. The molecule has 8 rings (SSSR count). The summed E-state index contributed by atoms with van der Waals surface area (Å²) in [5, 5.41) is 7.44. The number of hydrogen-bond acceptors (Lipinski definition) is 9. The van der Waals surface area contributed by atoms with E-state index >= 15 is 0 Å². The van der Waals surface area contributed by atoms with E-state index in [2.05, 4.69) is 72.8 Å². The van der Waals surface area contributed by atoms with Crippen LogP contribution in [-0.4, -0.2) is 106 Å². The van der Waals surface area contributed by atoms with E-state index in [-0.39, 0.29) is 30.4 Å². The lowest BCUT2D eigenvalue weighted by atomic mass is 9.93. The number of alkyl carbamates (subject to hydrolysis) is 2. The van der Waals surface area contributed by atoms with Crippen LogP contribution >= 0.6 is 0 Å². The first-order chi connectivity index (χ1) is 28.2. The summed E-state index contributed by atoms with van der Waals surface area (Å²) in [4.78, 5) is 71.2. The maximum absolute atomic E-state index is 14.1. The molecule has 2 aliphatic heterocycles. The van der Waals surface area contributed by atoms with E-state index in [1.807, 2.05) is 36.4 Å². The fourth-order valence-electron chi connectivity index (χ4n) is 8.09. The number of imidazole rings is 2. The predicted molar refractivity (Wildman–Crippen MR) is 216 cm³/mol. The first-order valence-corrected chi connectivity index (χ1v) is 19.5. The van der Waals surface area contributed by atoms with Gasteiger partial charge in [-0.2, -0.15) is 0 Å². The number of fused-ring (bicyclic) bond motifs is 2. The van der Waals surface area contributed by atoms with Crippen LogP contribution in [-0.2, 0) is 23.8 Å². The molecule has 2 fully saturated rings. The van der Waals surface area contributed by atoms with Crippen LogP contribution < -0.4 is 10.6 Å². The fraction of sp³-hybridized carbons (Fsp3) is 0.349. The number of amides is 4. The van der Waals surface area contributed by atoms with Crippen molar-refractivity contribution in [2.24, 2.45) is 5.92 Å². The molecule has 2 saturated heterocycles. The number of morpholine rings is 1. The molecule has 0 radical (unpaired) electrons. The Balaban J connectivity index is 0.991. The first kappa shape index (κ1) is 38.4. The largest absolute Gasteiger partial charge is 0.453 e. The molecule has 300 valence electrons. The van der Waals surface area contributed by atoms with Gasteiger partial charge in [-0.15, -0.1) is 0 Å². The topological polar surface area (TPSA) is 184 Å². The lowest BCUT2D eigenvalue weighted by molar-refractivity contribution is -0.143. The first-order valence-electron chi connectivity index (χ1n) is 19.5. The van der Waals surface area contributed by atoms with E-state index in [1.54, 1.807) is 22.9 Å². The van der Waals surface area contributed by atoms with Gasteiger partial charge in [-0.25, -0.2) is 19.6 Å². The third-order valence-corrected chi connectivity index (χ3v) is 11.1. The van der Waals surface area contributed by atoms with Crippen molar-refractivity contribution in [1.29, 1.82) is 0 Å². The lowest BCUT2D eigenvalue weighted by Crippen LogP contribution is -2.55. The van der Waals surface area contributed by atoms with Crippen molar-refractivity contribution in [2.45, 2.75) is 50.4 Å². The third-order valence-electron chi connectivity index (χ3n) is 11.1. The van der Waals surface area contributed by atoms with Crippen molar-refractivity contribution in [2.75, 3.05) is 40.5 Å². The second-order valence-corrected chi connectivity index (χ2v) is 14.8. The summed E-state index contributed by atoms with van der Waals surface area (Å²) in [6.07, 6.45) is 10.7. The summed E-state index contributed by atoms with van der Waals surface area (Å²) in [5.41, 5.74) is 5.45. The Morgan fingerprint density at radius 3 is 2.28 bits per heavy atom. The van der Waals surface area contributed by atoms with Crippen molar-refractivity contribution in [3.63, 3.8) is 0 Å². The Morgan fingerprint density at radius 2 is 1.50 bits per heavy atom. The average Bonchev–Trinajstić information content (AvgIpc) is 4.05. The van der Waals surface area contributed by atoms with Crippen molar-refractivity contribution < 1.29 is 33.4 Å². The van der Waals surface area contributed by atoms with E-state index in [9.17, 15) is 19.2 Å². The maximum atomic E-state index is 14.1. The highest BCUT2D eigenvalue weighted by molar-refractivity contribution is 5.92. The summed E-state index contributed by atoms with van der Waals surface area (Å²) in [6.45, 7) is 3.23. The molecule has 3 aliphatic rings. The van der Waals surface area contributed by atoms with Gasteiger partial charge in [0.2, 0.25) is 11.8 Å². The Bertz CT molecular complexity index is 2410. The van der Waals surface area contributed by atoms with Crippen molar-refractivity contribution >= 4 is 45.8 Å². The van der Waals surface area contributed by atoms with Crippen LogP contribution in [0.1, 0.15) is 49.9 Å². The summed E-state index contributed by atoms with van der Waals surface area (Å²) < 4.78 is 15.4. The van der Waals surface area contributed by atoms with Gasteiger partial charge < -0.3 is 44.6 Å². The Hall–Kier alpha value is -6.48. The number of nitrogens with zero attached hydrogens (tertiary/aromatic N) is 4. The molecule has 58 heavy (non-hydrogen) atoms. The molecule has 1 aliphatic carbocycles. The second-order valence-electron chi connectivity index (χ2n) is 14.8. The molecular weight excluding hydrogens is 741 g/mol. The molecule has 0 bridgehead atoms. The van der Waals surface area contributed by atoms with Crippen LogP contribution in [0, 0.1) is 5.92 Å². The Kier molecular flexibility index (Phi) is 11.0. The van der Waals surface area contributed by atoms with Gasteiger partial charge in [0.25, 0.3) is 0 Å². The molecule has 4 amide bonds. The molecule has 4 N–H and O–H groups in total. The van der Waals surface area contributed by atoms with E-state index in [0.29, 0.717) is 31.3 Å². The smallest absolute Gasteiger partial charge is 0.407 e. The number of nitrogens with one attached hydrogen (secondary N) is 4. The van der Waals surface area contributed by atoms with Gasteiger partial charge in [-0.3, -0.25) is 9.59 Å². The summed E-state index contributed by atoms with van der Waals surface area (Å²) in [5.74, 6) is 0.596. The minimum Gasteiger partial charge on any atom is -0.453 e. The van der Waals surface area contributed by atoms with Crippen LogP contribution in [0.5, 0.6) is 0 Å². The Morgan fingerprint density at radius 1 is 0.810 bits per heavy atom. The van der Waals surface area contributed by atoms with Crippen LogP contribution in [0.15, 0.2) is 85.1 Å². The highest BCUT2D eigenvalue weighted by Gasteiger charge is 2.38. The third kappa shape index (κ3) is 7.77. The minimum absolute atomic E-state index is 0.179. The molecule has 2 aromatic heterocycles. The number of H-pyrrole nitrogens is 2. The number of allylic oxidation sites excluding steroid dienone is 2. The number of hydrogen-bond donors (Lipinski definition) is 4. The number of carbonyl (C=O) groups is 4. The van der Waals surface area contributed by atoms with Gasteiger partial charge in [0.1, 0.15) is 29.8 Å². The molecule has 4 heterocycles. The summed E-state index contributed by atoms with van der Waals surface area (Å²) in [7, 11) is 2.55. The number of ether oxygens (including phenoxy) is 3. The second kappa shape index (κ2) is 16.5. The lowest BCUT2D eigenvalue weighted by Gasteiger charge is -2.37. The molecule has 3 aromatic carbocycles. The molecule has 0 spiro atoms. The van der Waals surface area contributed by atoms with Gasteiger partial charge in [-0.05, 0) is 72.4 Å². The molecule has 5 aromatic rings. The molecule has 0 saturated carbocycles. The maximum Gasteiger partial charge on any atom is 0.407 e. The van der Waals surface area contributed by atoms with Crippen molar-refractivity contribution in [1.82, 2.24) is 40.4 Å². The van der Waals surface area contributed by atoms with E-state index in [0.717, 1.165) is 63.5 Å². The van der Waals surface area contributed by atoms with Gasteiger partial charge in [0.15, 0.2) is 0 Å². The molecular formula is C43H46N8O7. The highest BCUT2D eigenvalue weighted by Crippen LogP contribution is 2.34. The van der Waals surface area contributed by atoms with E-state index in [1.165, 1.54) is 14.2 Å². The zero-order valence-electron chi connectivity index (χ0n) is 32.6. The van der Waals surface area contributed by atoms with Gasteiger partial charge in [-0.1, -0.05) is 54.6 Å². The van der Waals surface area contributed by atoms with Crippen LogP contribution in [0.3, 0.4) is 0 Å². The molecule has 15 nitrogen and oxygen atoms in total. The van der Waals surface area contributed by atoms with Gasteiger partial charge in [0.05, 0.1) is 56.4 Å². The number of carbonyl (C=O) groups excluding carboxylic acids is 4. The monoisotopic (exact) mass is 786 g/mol. The number of methoxy groups -OCH3 is 2. The van der Waals surface area contributed by atoms with E-state index < -0.39 is 30.3 Å². The summed E-state index contributed by atoms with van der Waals surface area (Å²) in [6, 6.07) is 16.4. The van der Waals surface area contributed by atoms with Gasteiger partial charge >= 0.3 is 12.2 Å². The van der Waals surface area contributed by atoms with E-state index in [4.69, 9.17) is 14.5 Å². The number of likely N-dealkylation sites (tertiary alicyclic amines) is 1. The zero-order valence-corrected chi connectivity index (χ0v) is 32.6. The standard InChI is InChI=1S/C43H46N8O7/c1-25(45-42(54)56-2)40(52)50-17-7-10-35(50)38-44-23-34(48-38)31-14-13-27-20-28(11-12-29(27)21-31)30-15-16-32-33(22-30)47-39(46-32)36-24-58-19-18-51(36)41(53)37(49-43(55)57-3)26-8-5-4-6-9-26/h5-6,8-9,11-16,20-23,25-26,35-37H,4,7,10,17-19,24H2,1-3H3,(H,44,48)(H,45,54)(H,46,47)(H,49,55)/t25-,35-,36-,37-/m0/s1. The highest BCUT2D eigenvalue weighted by atomic mass is 16.5. The molecule has 0 unspecified atom stereocenters. The van der Waals surface area contributed by atoms with Crippen LogP contribution in [0.4, 0.5) is 9.59 Å². The van der Waals surface area contributed by atoms with Crippen LogP contribution in [0.25, 0.3) is 44.2 Å². The number of benzene rings is 3. The Labute approximate surface area is 334 Å². The van der Waals surface area contributed by atoms with Crippen molar-refractivity contribution in [3.05, 3.63) is 96.7 Å².